The Morgan fingerprint density at radius 2 is 1.74 bits per heavy atom. The first-order valence-corrected chi connectivity index (χ1v) is 5.98. The molecule has 0 spiro atoms. The van der Waals surface area contributed by atoms with Crippen LogP contribution in [0.1, 0.15) is 11.1 Å². The van der Waals surface area contributed by atoms with Crippen LogP contribution in [0.2, 0.25) is 0 Å². The summed E-state index contributed by atoms with van der Waals surface area (Å²) in [5, 5.41) is 3.19. The van der Waals surface area contributed by atoms with Gasteiger partial charge in [0.05, 0.1) is 18.5 Å². The van der Waals surface area contributed by atoms with Gasteiger partial charge in [0.15, 0.2) is 0 Å². The molecule has 0 amide bonds. The zero-order valence-corrected chi connectivity index (χ0v) is 11.3. The van der Waals surface area contributed by atoms with Crippen LogP contribution in [0.3, 0.4) is 0 Å². The summed E-state index contributed by atoms with van der Waals surface area (Å²) in [6.45, 7) is 3.95. The van der Waals surface area contributed by atoms with Gasteiger partial charge in [-0.15, -0.1) is 0 Å². The molecule has 2 aromatic rings. The molecule has 0 aliphatic carbocycles. The fourth-order valence-corrected chi connectivity index (χ4v) is 2.15. The number of ether oxygens (including phenoxy) is 1. The normalized spacial score (nSPS) is 10.3. The van der Waals surface area contributed by atoms with Gasteiger partial charge in [0.25, 0.3) is 0 Å². The minimum Gasteiger partial charge on any atom is -0.496 e. The summed E-state index contributed by atoms with van der Waals surface area (Å²) in [5.74, 6) is 0.530. The number of benzene rings is 2. The van der Waals surface area contributed by atoms with Crippen molar-refractivity contribution >= 4 is 17.1 Å². The zero-order valence-electron chi connectivity index (χ0n) is 11.3. The maximum Gasteiger partial charge on any atom is 0.125 e. The van der Waals surface area contributed by atoms with Gasteiger partial charge in [0.2, 0.25) is 0 Å². The highest BCUT2D eigenvalue weighted by molar-refractivity contribution is 5.73. The lowest BCUT2D eigenvalue weighted by molar-refractivity contribution is 0.408. The monoisotopic (exact) mass is 260 g/mol. The van der Waals surface area contributed by atoms with Crippen molar-refractivity contribution in [2.75, 3.05) is 18.2 Å². The fraction of sp³-hybridized carbons (Fsp3) is 0.200. The van der Waals surface area contributed by atoms with Crippen molar-refractivity contribution in [3.05, 3.63) is 47.3 Å². The predicted molar refractivity (Wildman–Crippen MR) is 76.6 cm³/mol. The summed E-state index contributed by atoms with van der Waals surface area (Å²) >= 11 is 0. The lowest BCUT2D eigenvalue weighted by Gasteiger charge is -2.14. The van der Waals surface area contributed by atoms with Crippen LogP contribution in [0, 0.1) is 19.7 Å². The summed E-state index contributed by atoms with van der Waals surface area (Å²) in [6, 6.07) is 8.23. The molecule has 4 heteroatoms. The Labute approximate surface area is 112 Å². The van der Waals surface area contributed by atoms with E-state index in [1.54, 1.807) is 13.2 Å². The van der Waals surface area contributed by atoms with Crippen LogP contribution in [0.5, 0.6) is 5.75 Å². The highest BCUT2D eigenvalue weighted by Crippen LogP contribution is 2.30. The molecule has 0 heterocycles. The second kappa shape index (κ2) is 5.18. The van der Waals surface area contributed by atoms with E-state index in [4.69, 9.17) is 10.5 Å². The van der Waals surface area contributed by atoms with Crippen LogP contribution in [-0.2, 0) is 0 Å². The molecule has 0 aliphatic rings. The smallest absolute Gasteiger partial charge is 0.125 e. The Morgan fingerprint density at radius 1 is 1.11 bits per heavy atom. The summed E-state index contributed by atoms with van der Waals surface area (Å²) < 4.78 is 18.3. The van der Waals surface area contributed by atoms with E-state index in [0.29, 0.717) is 11.4 Å². The molecule has 0 aromatic heterocycles. The SMILES string of the molecule is COc1c(C)cc(Nc2ccc(F)cc2N)cc1C. The summed E-state index contributed by atoms with van der Waals surface area (Å²) in [6.07, 6.45) is 0. The molecule has 100 valence electrons. The van der Waals surface area contributed by atoms with Crippen molar-refractivity contribution in [1.29, 1.82) is 0 Å². The van der Waals surface area contributed by atoms with E-state index in [1.165, 1.54) is 12.1 Å². The van der Waals surface area contributed by atoms with E-state index in [-0.39, 0.29) is 5.82 Å². The van der Waals surface area contributed by atoms with Gasteiger partial charge in [0, 0.05) is 5.69 Å². The molecule has 0 radical (unpaired) electrons. The van der Waals surface area contributed by atoms with Crippen LogP contribution < -0.4 is 15.8 Å². The molecule has 0 atom stereocenters. The minimum absolute atomic E-state index is 0.342. The van der Waals surface area contributed by atoms with Crippen molar-refractivity contribution in [2.24, 2.45) is 0 Å². The van der Waals surface area contributed by atoms with Crippen LogP contribution in [0.4, 0.5) is 21.5 Å². The molecule has 0 saturated heterocycles. The molecule has 0 fully saturated rings. The van der Waals surface area contributed by atoms with E-state index in [1.807, 2.05) is 26.0 Å². The van der Waals surface area contributed by atoms with Crippen molar-refractivity contribution < 1.29 is 9.13 Å². The number of hydrogen-bond acceptors (Lipinski definition) is 3. The Morgan fingerprint density at radius 3 is 2.26 bits per heavy atom. The van der Waals surface area contributed by atoms with Crippen molar-refractivity contribution in [2.45, 2.75) is 13.8 Å². The molecule has 0 saturated carbocycles. The lowest BCUT2D eigenvalue weighted by Crippen LogP contribution is -1.99. The van der Waals surface area contributed by atoms with Crippen molar-refractivity contribution in [1.82, 2.24) is 0 Å². The summed E-state index contributed by atoms with van der Waals surface area (Å²) in [5.41, 5.74) is 9.80. The zero-order chi connectivity index (χ0) is 14.0. The Hall–Kier alpha value is -2.23. The third-order valence-electron chi connectivity index (χ3n) is 2.96. The third kappa shape index (κ3) is 2.78. The average molecular weight is 260 g/mol. The number of methoxy groups -OCH3 is 1. The number of halogens is 1. The van der Waals surface area contributed by atoms with Gasteiger partial charge in [-0.1, -0.05) is 0 Å². The third-order valence-corrected chi connectivity index (χ3v) is 2.96. The summed E-state index contributed by atoms with van der Waals surface area (Å²) in [4.78, 5) is 0. The van der Waals surface area contributed by atoms with Gasteiger partial charge in [0.1, 0.15) is 11.6 Å². The predicted octanol–water partition coefficient (Wildman–Crippen LogP) is 3.78. The molecular formula is C15H17FN2O. The topological polar surface area (TPSA) is 47.3 Å². The fourth-order valence-electron chi connectivity index (χ4n) is 2.15. The molecule has 3 N–H and O–H groups in total. The second-order valence-electron chi connectivity index (χ2n) is 4.50. The van der Waals surface area contributed by atoms with E-state index >= 15 is 0 Å². The number of rotatable bonds is 3. The van der Waals surface area contributed by atoms with Crippen molar-refractivity contribution in [3.8, 4) is 5.75 Å². The van der Waals surface area contributed by atoms with E-state index < -0.39 is 0 Å². The van der Waals surface area contributed by atoms with E-state index in [0.717, 1.165) is 22.6 Å². The number of hydrogen-bond donors (Lipinski definition) is 2. The molecule has 0 bridgehead atoms. The molecule has 3 nitrogen and oxygen atoms in total. The quantitative estimate of drug-likeness (QED) is 0.826. The maximum absolute atomic E-state index is 13.0. The first-order chi connectivity index (χ1) is 9.01. The van der Waals surface area contributed by atoms with Gasteiger partial charge < -0.3 is 15.8 Å². The lowest BCUT2D eigenvalue weighted by atomic mass is 10.1. The molecule has 2 aromatic carbocycles. The second-order valence-corrected chi connectivity index (χ2v) is 4.50. The van der Waals surface area contributed by atoms with Crippen LogP contribution in [0.25, 0.3) is 0 Å². The molecular weight excluding hydrogens is 243 g/mol. The van der Waals surface area contributed by atoms with Gasteiger partial charge in [-0.05, 0) is 55.3 Å². The Bertz CT molecular complexity index is 588. The number of nitrogen functional groups attached to an aromatic ring is 1. The highest BCUT2D eigenvalue weighted by Gasteiger charge is 2.07. The van der Waals surface area contributed by atoms with Crippen LogP contribution in [-0.4, -0.2) is 7.11 Å². The number of anilines is 3. The largest absolute Gasteiger partial charge is 0.496 e. The van der Waals surface area contributed by atoms with Gasteiger partial charge in [-0.25, -0.2) is 4.39 Å². The van der Waals surface area contributed by atoms with Gasteiger partial charge >= 0.3 is 0 Å². The van der Waals surface area contributed by atoms with Crippen LogP contribution >= 0.6 is 0 Å². The Balaban J connectivity index is 2.33. The molecule has 0 aliphatic heterocycles. The summed E-state index contributed by atoms with van der Waals surface area (Å²) in [7, 11) is 1.65. The standard InChI is InChI=1S/C15H17FN2O/c1-9-6-12(7-10(2)15(9)19-3)18-14-5-4-11(16)8-13(14)17/h4-8,18H,17H2,1-3H3. The number of aryl methyl sites for hydroxylation is 2. The van der Waals surface area contributed by atoms with Gasteiger partial charge in [-0.3, -0.25) is 0 Å². The molecule has 0 unspecified atom stereocenters. The minimum atomic E-state index is -0.342. The molecule has 2 rings (SSSR count). The Kier molecular flexibility index (Phi) is 3.60. The van der Waals surface area contributed by atoms with E-state index in [9.17, 15) is 4.39 Å². The van der Waals surface area contributed by atoms with Gasteiger partial charge in [-0.2, -0.15) is 0 Å². The number of nitrogens with two attached hydrogens (primary N) is 1. The van der Waals surface area contributed by atoms with Crippen LogP contribution in [0.15, 0.2) is 30.3 Å². The first kappa shape index (κ1) is 13.2. The maximum atomic E-state index is 13.0. The number of nitrogens with one attached hydrogen (secondary N) is 1. The molecule has 19 heavy (non-hydrogen) atoms. The first-order valence-electron chi connectivity index (χ1n) is 5.98. The van der Waals surface area contributed by atoms with Crippen molar-refractivity contribution in [3.63, 3.8) is 0 Å². The van der Waals surface area contributed by atoms with E-state index in [2.05, 4.69) is 5.32 Å². The average Bonchev–Trinajstić information content (AvgIpc) is 2.32. The highest BCUT2D eigenvalue weighted by atomic mass is 19.1.